The minimum atomic E-state index is -4.31. The summed E-state index contributed by atoms with van der Waals surface area (Å²) in [6, 6.07) is 14.9. The van der Waals surface area contributed by atoms with E-state index in [9.17, 15) is 18.1 Å². The van der Waals surface area contributed by atoms with Crippen LogP contribution < -0.4 is 0 Å². The maximum absolute atomic E-state index is 11.4. The lowest BCUT2D eigenvalue weighted by molar-refractivity contribution is 0.477. The van der Waals surface area contributed by atoms with E-state index in [1.807, 2.05) is 24.3 Å². The number of hydrogen-bond donors (Lipinski definition) is 2. The molecule has 0 unspecified atom stereocenters. The Bertz CT molecular complexity index is 1140. The fraction of sp³-hybridized carbons (Fsp3) is 0.273. The molecule has 0 spiro atoms. The minimum absolute atomic E-state index is 0.0544. The van der Waals surface area contributed by atoms with Crippen LogP contribution in [0.25, 0.3) is 10.8 Å². The predicted octanol–water partition coefficient (Wildman–Crippen LogP) is 6.33. The number of fused-ring (bicyclic) bond motifs is 1. The van der Waals surface area contributed by atoms with Crippen LogP contribution in [0.1, 0.15) is 38.2 Å². The molecule has 0 fully saturated rings. The van der Waals surface area contributed by atoms with Crippen LogP contribution >= 0.6 is 0 Å². The van der Waals surface area contributed by atoms with Crippen molar-refractivity contribution in [3.05, 3.63) is 60.2 Å². The number of phenols is 1. The molecule has 0 saturated carbocycles. The van der Waals surface area contributed by atoms with Gasteiger partial charge in [-0.1, -0.05) is 56.5 Å². The molecule has 3 aromatic carbocycles. The molecule has 0 saturated heterocycles. The molecule has 0 radical (unpaired) electrons. The molecule has 6 nitrogen and oxygen atoms in total. The first-order valence-electron chi connectivity index (χ1n) is 9.63. The number of nitrogens with zero attached hydrogens (tertiary/aromatic N) is 2. The Kier molecular flexibility index (Phi) is 6.61. The highest BCUT2D eigenvalue weighted by Gasteiger charge is 2.13. The molecular formula is C22H24N2O4S. The molecule has 29 heavy (non-hydrogen) atoms. The maximum Gasteiger partial charge on any atom is 0.294 e. The number of azo groups is 1. The SMILES string of the molecule is CCCCCCc1ccccc1N=Nc1c(O)ccc2cc(S(=O)(=O)O)ccc12. The topological polar surface area (TPSA) is 99.3 Å². The summed E-state index contributed by atoms with van der Waals surface area (Å²) in [7, 11) is -4.31. The van der Waals surface area contributed by atoms with Crippen molar-refractivity contribution < 1.29 is 18.1 Å². The average molecular weight is 413 g/mol. The standard InChI is InChI=1S/C22H24N2O4S/c1-2-3-4-5-8-16-9-6-7-10-20(16)23-24-22-19-13-12-18(29(26,27)28)15-17(19)11-14-21(22)25/h6-7,9-15,25H,2-5,8H2,1H3,(H,26,27,28). The molecule has 3 aromatic rings. The molecule has 0 atom stereocenters. The van der Waals surface area contributed by atoms with Gasteiger partial charge < -0.3 is 5.11 Å². The molecule has 7 heteroatoms. The van der Waals surface area contributed by atoms with Gasteiger partial charge in [0.25, 0.3) is 10.1 Å². The smallest absolute Gasteiger partial charge is 0.294 e. The van der Waals surface area contributed by atoms with Crippen LogP contribution in [0.15, 0.2) is 69.7 Å². The van der Waals surface area contributed by atoms with E-state index in [1.165, 1.54) is 43.5 Å². The van der Waals surface area contributed by atoms with Gasteiger partial charge in [-0.15, -0.1) is 5.11 Å². The fourth-order valence-electron chi connectivity index (χ4n) is 3.21. The lowest BCUT2D eigenvalue weighted by Crippen LogP contribution is -1.97. The maximum atomic E-state index is 11.4. The molecule has 0 heterocycles. The Morgan fingerprint density at radius 1 is 0.931 bits per heavy atom. The monoisotopic (exact) mass is 412 g/mol. The quantitative estimate of drug-likeness (QED) is 0.256. The molecule has 2 N–H and O–H groups in total. The van der Waals surface area contributed by atoms with E-state index in [2.05, 4.69) is 17.2 Å². The van der Waals surface area contributed by atoms with Crippen molar-refractivity contribution in [3.8, 4) is 5.75 Å². The molecular weight excluding hydrogens is 388 g/mol. The van der Waals surface area contributed by atoms with Crippen molar-refractivity contribution in [1.29, 1.82) is 0 Å². The van der Waals surface area contributed by atoms with Crippen molar-refractivity contribution in [2.45, 2.75) is 43.9 Å². The van der Waals surface area contributed by atoms with Crippen molar-refractivity contribution >= 4 is 32.3 Å². The number of aryl methyl sites for hydroxylation is 1. The van der Waals surface area contributed by atoms with E-state index in [-0.39, 0.29) is 16.3 Å². The van der Waals surface area contributed by atoms with E-state index in [4.69, 9.17) is 0 Å². The highest BCUT2D eigenvalue weighted by Crippen LogP contribution is 2.37. The first kappa shape index (κ1) is 21.0. The van der Waals surface area contributed by atoms with Gasteiger partial charge in [0.15, 0.2) is 0 Å². The molecule has 3 rings (SSSR count). The predicted molar refractivity (Wildman–Crippen MR) is 114 cm³/mol. The molecule has 0 aliphatic carbocycles. The third-order valence-corrected chi connectivity index (χ3v) is 5.64. The number of benzene rings is 3. The number of aromatic hydroxyl groups is 1. The van der Waals surface area contributed by atoms with Crippen LogP contribution in [0, 0.1) is 0 Å². The summed E-state index contributed by atoms with van der Waals surface area (Å²) in [4.78, 5) is -0.212. The Morgan fingerprint density at radius 2 is 1.72 bits per heavy atom. The lowest BCUT2D eigenvalue weighted by atomic mass is 10.0. The number of hydrogen-bond acceptors (Lipinski definition) is 5. The van der Waals surface area contributed by atoms with Gasteiger partial charge in [-0.25, -0.2) is 0 Å². The summed E-state index contributed by atoms with van der Waals surface area (Å²) in [5.74, 6) is -0.0544. The number of unbranched alkanes of at least 4 members (excludes halogenated alkanes) is 3. The van der Waals surface area contributed by atoms with Gasteiger partial charge in [0, 0.05) is 5.39 Å². The van der Waals surface area contributed by atoms with Crippen molar-refractivity contribution in [2.75, 3.05) is 0 Å². The first-order chi connectivity index (χ1) is 13.9. The van der Waals surface area contributed by atoms with Gasteiger partial charge in [0.05, 0.1) is 10.6 Å². The van der Waals surface area contributed by atoms with E-state index in [1.54, 1.807) is 6.07 Å². The Labute approximate surface area is 170 Å². The highest BCUT2D eigenvalue weighted by molar-refractivity contribution is 7.85. The zero-order chi connectivity index (χ0) is 20.9. The molecule has 0 aliphatic rings. The van der Waals surface area contributed by atoms with Crippen LogP contribution in [0.3, 0.4) is 0 Å². The van der Waals surface area contributed by atoms with E-state index in [0.717, 1.165) is 24.1 Å². The molecule has 0 amide bonds. The zero-order valence-electron chi connectivity index (χ0n) is 16.2. The number of rotatable bonds is 8. The summed E-state index contributed by atoms with van der Waals surface area (Å²) < 4.78 is 32.0. The third kappa shape index (κ3) is 5.19. The molecule has 0 bridgehead atoms. The highest BCUT2D eigenvalue weighted by atomic mass is 32.2. The summed E-state index contributed by atoms with van der Waals surface area (Å²) >= 11 is 0. The summed E-state index contributed by atoms with van der Waals surface area (Å²) in [6.45, 7) is 2.18. The normalized spacial score (nSPS) is 12.1. The molecule has 0 aromatic heterocycles. The minimum Gasteiger partial charge on any atom is -0.506 e. The van der Waals surface area contributed by atoms with Gasteiger partial charge in [-0.2, -0.15) is 13.5 Å². The Morgan fingerprint density at radius 3 is 2.48 bits per heavy atom. The van der Waals surface area contributed by atoms with E-state index >= 15 is 0 Å². The summed E-state index contributed by atoms with van der Waals surface area (Å²) in [5.41, 5.74) is 2.10. The zero-order valence-corrected chi connectivity index (χ0v) is 17.1. The van der Waals surface area contributed by atoms with Gasteiger partial charge >= 0.3 is 0 Å². The second-order valence-corrected chi connectivity index (χ2v) is 8.35. The van der Waals surface area contributed by atoms with Crippen molar-refractivity contribution in [2.24, 2.45) is 10.2 Å². The second-order valence-electron chi connectivity index (χ2n) is 6.93. The van der Waals surface area contributed by atoms with Crippen LogP contribution in [0.2, 0.25) is 0 Å². The van der Waals surface area contributed by atoms with Crippen LogP contribution in [-0.2, 0) is 16.5 Å². The van der Waals surface area contributed by atoms with Crippen LogP contribution in [-0.4, -0.2) is 18.1 Å². The van der Waals surface area contributed by atoms with Gasteiger partial charge in [0.1, 0.15) is 11.4 Å². The Hall–Kier alpha value is -2.77. The van der Waals surface area contributed by atoms with Crippen molar-refractivity contribution in [3.63, 3.8) is 0 Å². The van der Waals surface area contributed by atoms with Crippen LogP contribution in [0.5, 0.6) is 5.75 Å². The van der Waals surface area contributed by atoms with Crippen molar-refractivity contribution in [1.82, 2.24) is 0 Å². The van der Waals surface area contributed by atoms with Gasteiger partial charge in [0.2, 0.25) is 0 Å². The van der Waals surface area contributed by atoms with Gasteiger partial charge in [-0.05, 0) is 48.1 Å². The largest absolute Gasteiger partial charge is 0.506 e. The average Bonchev–Trinajstić information content (AvgIpc) is 2.70. The molecule has 0 aliphatic heterocycles. The third-order valence-electron chi connectivity index (χ3n) is 4.79. The molecule has 152 valence electrons. The second kappa shape index (κ2) is 9.15. The Balaban J connectivity index is 1.94. The summed E-state index contributed by atoms with van der Waals surface area (Å²) in [6.07, 6.45) is 5.55. The van der Waals surface area contributed by atoms with E-state index < -0.39 is 10.1 Å². The lowest BCUT2D eigenvalue weighted by Gasteiger charge is -2.07. The summed E-state index contributed by atoms with van der Waals surface area (Å²) in [5, 5.41) is 20.0. The van der Waals surface area contributed by atoms with Gasteiger partial charge in [-0.3, -0.25) is 4.55 Å². The number of phenolic OH excluding ortho intramolecular Hbond substituents is 1. The van der Waals surface area contributed by atoms with Crippen LogP contribution in [0.4, 0.5) is 11.4 Å². The fourth-order valence-corrected chi connectivity index (χ4v) is 3.73. The first-order valence-corrected chi connectivity index (χ1v) is 11.1. The van der Waals surface area contributed by atoms with E-state index in [0.29, 0.717) is 10.8 Å².